The zero-order valence-electron chi connectivity index (χ0n) is 13.4. The first-order chi connectivity index (χ1) is 9.84. The highest BCUT2D eigenvalue weighted by Gasteiger charge is 2.14. The Hall–Kier alpha value is -0.653. The van der Waals surface area contributed by atoms with E-state index in [9.17, 15) is 4.79 Å². The molecule has 0 aliphatic carbocycles. The van der Waals surface area contributed by atoms with Crippen molar-refractivity contribution in [1.82, 2.24) is 0 Å². The molecule has 0 N–H and O–H groups in total. The van der Waals surface area contributed by atoms with Crippen LogP contribution >= 0.6 is 23.5 Å². The molecule has 0 atom stereocenters. The molecule has 0 spiro atoms. The molecule has 5 heteroatoms. The lowest BCUT2D eigenvalue weighted by atomic mass is 10.1. The first-order valence-electron chi connectivity index (χ1n) is 6.88. The Bertz CT molecular complexity index is 507. The van der Waals surface area contributed by atoms with E-state index in [-0.39, 0.29) is 5.97 Å². The van der Waals surface area contributed by atoms with Gasteiger partial charge in [0.05, 0.1) is 21.6 Å². The van der Waals surface area contributed by atoms with Gasteiger partial charge in [0.2, 0.25) is 0 Å². The van der Waals surface area contributed by atoms with Crippen molar-refractivity contribution in [2.45, 2.75) is 26.1 Å². The maximum absolute atomic E-state index is 11.3. The van der Waals surface area contributed by atoms with Crippen LogP contribution in [0.2, 0.25) is 19.6 Å². The average molecular weight is 341 g/mol. The van der Waals surface area contributed by atoms with Gasteiger partial charge in [-0.3, -0.25) is 4.79 Å². The van der Waals surface area contributed by atoms with Gasteiger partial charge >= 0.3 is 5.97 Å². The minimum absolute atomic E-state index is 0.200. The Morgan fingerprint density at radius 1 is 1.33 bits per heavy atom. The predicted octanol–water partition coefficient (Wildman–Crippen LogP) is 4.67. The molecule has 0 heterocycles. The summed E-state index contributed by atoms with van der Waals surface area (Å²) in [6.45, 7) is 7.15. The summed E-state index contributed by atoms with van der Waals surface area (Å²) in [7, 11) is 0.378. The molecular weight excluding hydrogens is 316 g/mol. The summed E-state index contributed by atoms with van der Waals surface area (Å²) in [6, 6.07) is 8.09. The molecule has 0 aromatic heterocycles. The van der Waals surface area contributed by atoms with Crippen molar-refractivity contribution in [2.24, 2.45) is 0 Å². The van der Waals surface area contributed by atoms with Crippen molar-refractivity contribution in [3.8, 4) is 0 Å². The van der Waals surface area contributed by atoms with Crippen molar-refractivity contribution in [2.75, 3.05) is 18.7 Å². The van der Waals surface area contributed by atoms with Crippen LogP contribution in [-0.4, -0.2) is 32.8 Å². The quantitative estimate of drug-likeness (QED) is 0.532. The molecule has 0 radical (unpaired) electrons. The summed E-state index contributed by atoms with van der Waals surface area (Å²) in [5, 5.41) is 1.22. The molecule has 0 bridgehead atoms. The predicted molar refractivity (Wildman–Crippen MR) is 99.5 cm³/mol. The number of methoxy groups -OCH3 is 1. The van der Waals surface area contributed by atoms with Crippen LogP contribution in [0, 0.1) is 0 Å². The second kappa shape index (κ2) is 8.71. The van der Waals surface area contributed by atoms with Crippen molar-refractivity contribution in [1.29, 1.82) is 0 Å². The van der Waals surface area contributed by atoms with E-state index in [1.54, 1.807) is 11.8 Å². The normalized spacial score (nSPS) is 12.3. The lowest BCUT2D eigenvalue weighted by Crippen LogP contribution is -2.23. The number of carbonyl (C=O) groups excluding carboxylic acids is 1. The van der Waals surface area contributed by atoms with E-state index in [1.807, 2.05) is 23.9 Å². The lowest BCUT2D eigenvalue weighted by molar-refractivity contribution is -0.139. The average Bonchev–Trinajstić information content (AvgIpc) is 2.42. The van der Waals surface area contributed by atoms with Gasteiger partial charge in [0.1, 0.15) is 0 Å². The minimum atomic E-state index is -1.04. The highest BCUT2D eigenvalue weighted by molar-refractivity contribution is 8.22. The first-order valence-corrected chi connectivity index (χ1v) is 12.8. The van der Waals surface area contributed by atoms with Gasteiger partial charge in [-0.05, 0) is 28.8 Å². The van der Waals surface area contributed by atoms with E-state index in [1.165, 1.54) is 16.7 Å². The Morgan fingerprint density at radius 3 is 2.62 bits per heavy atom. The van der Waals surface area contributed by atoms with Crippen molar-refractivity contribution in [3.05, 3.63) is 39.6 Å². The molecule has 0 unspecified atom stereocenters. The number of ether oxygens (including phenoxy) is 1. The molecule has 2 nitrogen and oxygen atoms in total. The fourth-order valence-electron chi connectivity index (χ4n) is 1.61. The summed E-state index contributed by atoms with van der Waals surface area (Å²) < 4.78 is 6.04. The summed E-state index contributed by atoms with van der Waals surface area (Å²) in [5.41, 5.74) is 2.13. The third-order valence-electron chi connectivity index (χ3n) is 2.66. The Morgan fingerprint density at radius 2 is 2.05 bits per heavy atom. The number of thioether (sulfide) groups is 2. The van der Waals surface area contributed by atoms with E-state index in [0.717, 1.165) is 11.1 Å². The van der Waals surface area contributed by atoms with Gasteiger partial charge in [-0.25, -0.2) is 0 Å². The van der Waals surface area contributed by atoms with Crippen LogP contribution in [0.5, 0.6) is 0 Å². The topological polar surface area (TPSA) is 26.3 Å². The summed E-state index contributed by atoms with van der Waals surface area (Å²) in [5.74, 6) is -0.200. The standard InChI is InChI=1S/C16H24O2S2Si/c1-18-15(17)10-13-7-6-8-14(9-13)11-16(19-2)20-12-21(3,4)5/h6-9,11H,10,12H2,1-5H3. The molecule has 0 aliphatic heterocycles. The van der Waals surface area contributed by atoms with Crippen LogP contribution in [0.15, 0.2) is 28.5 Å². The van der Waals surface area contributed by atoms with Gasteiger partial charge in [0, 0.05) is 4.24 Å². The number of hydrogen-bond acceptors (Lipinski definition) is 4. The van der Waals surface area contributed by atoms with E-state index in [2.05, 4.69) is 44.1 Å². The summed E-state index contributed by atoms with van der Waals surface area (Å²) in [4.78, 5) is 11.3. The minimum Gasteiger partial charge on any atom is -0.469 e. The van der Waals surface area contributed by atoms with Gasteiger partial charge < -0.3 is 4.74 Å². The fourth-order valence-corrected chi connectivity index (χ4v) is 5.39. The van der Waals surface area contributed by atoms with Gasteiger partial charge in [0.15, 0.2) is 0 Å². The molecule has 0 saturated carbocycles. The molecule has 21 heavy (non-hydrogen) atoms. The maximum atomic E-state index is 11.3. The van der Waals surface area contributed by atoms with Crippen molar-refractivity contribution < 1.29 is 9.53 Å². The van der Waals surface area contributed by atoms with Crippen LogP contribution < -0.4 is 0 Å². The molecule has 116 valence electrons. The van der Waals surface area contributed by atoms with Gasteiger partial charge in [-0.1, -0.05) is 43.9 Å². The SMILES string of the molecule is COC(=O)Cc1cccc(C=C(SC)SC[Si](C)(C)C)c1. The number of rotatable bonds is 7. The van der Waals surface area contributed by atoms with E-state index in [4.69, 9.17) is 4.74 Å². The van der Waals surface area contributed by atoms with Gasteiger partial charge in [-0.2, -0.15) is 0 Å². The van der Waals surface area contributed by atoms with Crippen LogP contribution in [0.3, 0.4) is 0 Å². The van der Waals surface area contributed by atoms with Crippen LogP contribution in [0.1, 0.15) is 11.1 Å². The zero-order chi connectivity index (χ0) is 15.9. The molecule has 0 amide bonds. The number of hydrogen-bond donors (Lipinski definition) is 0. The van der Waals surface area contributed by atoms with Crippen LogP contribution in [0.4, 0.5) is 0 Å². The monoisotopic (exact) mass is 340 g/mol. The highest BCUT2D eigenvalue weighted by atomic mass is 32.2. The highest BCUT2D eigenvalue weighted by Crippen LogP contribution is 2.30. The maximum Gasteiger partial charge on any atom is 0.309 e. The van der Waals surface area contributed by atoms with E-state index in [0.29, 0.717) is 6.42 Å². The summed E-state index contributed by atoms with van der Waals surface area (Å²) in [6.07, 6.45) is 4.65. The van der Waals surface area contributed by atoms with E-state index >= 15 is 0 Å². The zero-order valence-corrected chi connectivity index (χ0v) is 16.1. The van der Waals surface area contributed by atoms with Crippen molar-refractivity contribution >= 4 is 43.6 Å². The summed E-state index contributed by atoms with van der Waals surface area (Å²) >= 11 is 3.73. The van der Waals surface area contributed by atoms with Crippen LogP contribution in [0.25, 0.3) is 6.08 Å². The third kappa shape index (κ3) is 7.78. The van der Waals surface area contributed by atoms with Crippen LogP contribution in [-0.2, 0) is 16.0 Å². The largest absolute Gasteiger partial charge is 0.469 e. The molecular formula is C16H24O2S2Si. The molecule has 0 aliphatic rings. The first kappa shape index (κ1) is 18.4. The third-order valence-corrected chi connectivity index (χ3v) is 8.48. The molecule has 1 aromatic carbocycles. The number of carbonyl (C=O) groups is 1. The smallest absolute Gasteiger partial charge is 0.309 e. The lowest BCUT2D eigenvalue weighted by Gasteiger charge is -2.15. The van der Waals surface area contributed by atoms with Crippen molar-refractivity contribution in [3.63, 3.8) is 0 Å². The number of esters is 1. The van der Waals surface area contributed by atoms with Gasteiger partial charge in [0.25, 0.3) is 0 Å². The molecule has 1 aromatic rings. The Kier molecular flexibility index (Phi) is 7.63. The van der Waals surface area contributed by atoms with Gasteiger partial charge in [-0.15, -0.1) is 23.5 Å². The number of benzene rings is 1. The molecule has 0 saturated heterocycles. The molecule has 0 fully saturated rings. The van der Waals surface area contributed by atoms with E-state index < -0.39 is 8.07 Å². The fraction of sp³-hybridized carbons (Fsp3) is 0.438. The Labute approximate surface area is 137 Å². The Balaban J connectivity index is 2.80. The second-order valence-corrected chi connectivity index (χ2v) is 14.1. The second-order valence-electron chi connectivity index (χ2n) is 6.01. The molecule has 1 rings (SSSR count).